The van der Waals surface area contributed by atoms with E-state index in [-0.39, 0.29) is 57.4 Å². The third-order valence-electron chi connectivity index (χ3n) is 9.83. The minimum atomic E-state index is -4.88. The van der Waals surface area contributed by atoms with E-state index in [0.29, 0.717) is 41.6 Å². The maximum absolute atomic E-state index is 12.1. The van der Waals surface area contributed by atoms with Crippen molar-refractivity contribution in [3.63, 3.8) is 0 Å². The van der Waals surface area contributed by atoms with Gasteiger partial charge in [0.25, 0.3) is 0 Å². The predicted molar refractivity (Wildman–Crippen MR) is 213 cm³/mol. The highest BCUT2D eigenvalue weighted by Gasteiger charge is 2.43. The van der Waals surface area contributed by atoms with E-state index in [2.05, 4.69) is 20.8 Å². The van der Waals surface area contributed by atoms with E-state index in [9.17, 15) is 43.7 Å². The summed E-state index contributed by atoms with van der Waals surface area (Å²) in [5.41, 5.74) is 1.85. The highest BCUT2D eigenvalue weighted by atomic mass is 32.2. The molecule has 19 heteroatoms. The van der Waals surface area contributed by atoms with Gasteiger partial charge in [0, 0.05) is 60.0 Å². The minimum absolute atomic E-state index is 0.0611. The van der Waals surface area contributed by atoms with E-state index in [1.165, 1.54) is 18.2 Å². The second-order valence-corrected chi connectivity index (χ2v) is 19.7. The number of anilines is 1. The Bertz CT molecular complexity index is 2400. The van der Waals surface area contributed by atoms with Crippen LogP contribution in [-0.2, 0) is 55.5 Å². The van der Waals surface area contributed by atoms with Gasteiger partial charge in [0.05, 0.1) is 50.8 Å². The van der Waals surface area contributed by atoms with Gasteiger partial charge in [-0.1, -0.05) is 26.8 Å². The number of nitrogens with zero attached hydrogens (tertiary/aromatic N) is 2. The van der Waals surface area contributed by atoms with Gasteiger partial charge in [-0.2, -0.15) is 0 Å². The zero-order valence-electron chi connectivity index (χ0n) is 33.1. The Morgan fingerprint density at radius 1 is 0.931 bits per heavy atom. The fourth-order valence-electron chi connectivity index (χ4n) is 7.04. The van der Waals surface area contributed by atoms with Gasteiger partial charge >= 0.3 is 5.97 Å². The molecule has 1 unspecified atom stereocenters. The third kappa shape index (κ3) is 12.8. The standard InChI is InChI=1S/C39H52N2O14S3/c1-38(2,3)32-26-29(55-35-25-28(11-13-31(32)35)40(18-21-53-5)17-8-24-57(47,48)49)9-6-10-36-39(4,16-7-23-56(44,45)46)33-27-30(58(50,51)52)12-14-34(33)41(36)19-22-54-20-15-37(42)43/h6,9-14,25-27H,7-8,15-24H2,1-5H3,(H3-,42,43,44,45,46,47,48,49,50,51,52)/p-2. The molecule has 0 spiro atoms. The van der Waals surface area contributed by atoms with E-state index in [1.807, 2.05) is 33.7 Å². The molecule has 0 amide bonds. The lowest BCUT2D eigenvalue weighted by molar-refractivity contribution is -0.138. The first kappa shape index (κ1) is 46.7. The zero-order chi connectivity index (χ0) is 43.1. The zero-order valence-corrected chi connectivity index (χ0v) is 35.6. The molecule has 3 aliphatic rings. The molecule has 58 heavy (non-hydrogen) atoms. The first-order chi connectivity index (χ1) is 26.9. The number of carboxylic acids is 1. The molecule has 320 valence electrons. The Labute approximate surface area is 340 Å². The van der Waals surface area contributed by atoms with E-state index >= 15 is 0 Å². The second-order valence-electron chi connectivity index (χ2n) is 15.2. The lowest BCUT2D eigenvalue weighted by atomic mass is 9.77. The summed E-state index contributed by atoms with van der Waals surface area (Å²) in [4.78, 5) is 12.4. The Morgan fingerprint density at radius 2 is 1.62 bits per heavy atom. The Kier molecular flexibility index (Phi) is 15.3. The molecule has 0 saturated carbocycles. The van der Waals surface area contributed by atoms with Crippen LogP contribution in [0.2, 0.25) is 0 Å². The number of hydrogen-bond acceptors (Lipinski definition) is 14. The molecule has 1 atom stereocenters. The number of aliphatic carboxylic acids is 1. The monoisotopic (exact) mass is 866 g/mol. The van der Waals surface area contributed by atoms with Crippen LogP contribution in [0.25, 0.3) is 17.4 Å². The Morgan fingerprint density at radius 3 is 2.24 bits per heavy atom. The lowest BCUT2D eigenvalue weighted by Crippen LogP contribution is -2.34. The van der Waals surface area contributed by atoms with E-state index in [1.54, 1.807) is 32.3 Å². The van der Waals surface area contributed by atoms with Crippen molar-refractivity contribution >= 4 is 48.1 Å². The molecular formula is C39H50N2O14S3-2. The molecule has 2 heterocycles. The van der Waals surface area contributed by atoms with Crippen LogP contribution in [-0.4, -0.2) is 108 Å². The summed E-state index contributed by atoms with van der Waals surface area (Å²) in [6.45, 7) is 9.13. The topological polar surface area (TPSA) is 247 Å². The number of ether oxygens (including phenoxy) is 2. The van der Waals surface area contributed by atoms with Gasteiger partial charge in [0.1, 0.15) is 34.8 Å². The van der Waals surface area contributed by atoms with E-state index < -0.39 is 58.1 Å². The van der Waals surface area contributed by atoms with Crippen LogP contribution in [0.15, 0.2) is 69.6 Å². The van der Waals surface area contributed by atoms with Gasteiger partial charge in [-0.05, 0) is 78.8 Å². The number of hydrogen-bond donors (Lipinski definition) is 1. The molecule has 16 nitrogen and oxygen atoms in total. The van der Waals surface area contributed by atoms with Crippen molar-refractivity contribution in [2.45, 2.75) is 69.1 Å². The highest BCUT2D eigenvalue weighted by molar-refractivity contribution is 7.86. The van der Waals surface area contributed by atoms with Gasteiger partial charge in [0.2, 0.25) is 5.36 Å². The van der Waals surface area contributed by atoms with Crippen LogP contribution in [0, 0.1) is 0 Å². The van der Waals surface area contributed by atoms with E-state index in [0.717, 1.165) is 16.5 Å². The molecule has 1 N–H and O–H groups in total. The summed E-state index contributed by atoms with van der Waals surface area (Å²) in [5.74, 6) is -1.24. The number of allylic oxidation sites excluding steroid dienone is 3. The molecule has 0 saturated heterocycles. The van der Waals surface area contributed by atoms with Gasteiger partial charge in [-0.15, -0.1) is 0 Å². The highest BCUT2D eigenvalue weighted by Crippen LogP contribution is 2.51. The van der Waals surface area contributed by atoms with Crippen LogP contribution >= 0.6 is 0 Å². The summed E-state index contributed by atoms with van der Waals surface area (Å²) in [5, 5.41) is 9.77. The average Bonchev–Trinajstić information content (AvgIpc) is 3.33. The maximum Gasteiger partial charge on any atom is 0.305 e. The summed E-state index contributed by atoms with van der Waals surface area (Å²) in [6.07, 6.45) is 5.07. The molecule has 1 aromatic rings. The number of benzene rings is 2. The fourth-order valence-corrected chi connectivity index (χ4v) is 8.52. The van der Waals surface area contributed by atoms with Crippen molar-refractivity contribution in [2.75, 3.05) is 63.0 Å². The summed E-state index contributed by atoms with van der Waals surface area (Å²) in [7, 11) is -12.3. The smallest absolute Gasteiger partial charge is 0.305 e. The predicted octanol–water partition coefficient (Wildman–Crippen LogP) is 3.43. The molecule has 2 aliphatic heterocycles. The lowest BCUT2D eigenvalue weighted by Gasteiger charge is -2.30. The fraction of sp³-hybridized carbons (Fsp3) is 0.487. The van der Waals surface area contributed by atoms with Gasteiger partial charge < -0.3 is 37.6 Å². The van der Waals surface area contributed by atoms with Crippen molar-refractivity contribution in [1.29, 1.82) is 0 Å². The van der Waals surface area contributed by atoms with Crippen LogP contribution < -0.4 is 14.8 Å². The van der Waals surface area contributed by atoms with Crippen LogP contribution in [0.5, 0.6) is 0 Å². The average molecular weight is 867 g/mol. The summed E-state index contributed by atoms with van der Waals surface area (Å²) < 4.78 is 124. The molecule has 1 aliphatic carbocycles. The van der Waals surface area contributed by atoms with Crippen molar-refractivity contribution < 1.29 is 62.7 Å². The van der Waals surface area contributed by atoms with Crippen LogP contribution in [0.1, 0.15) is 70.3 Å². The van der Waals surface area contributed by atoms with Crippen molar-refractivity contribution in [1.82, 2.24) is 4.58 Å². The summed E-state index contributed by atoms with van der Waals surface area (Å²) >= 11 is 0. The quantitative estimate of drug-likeness (QED) is 0.0971. The molecule has 0 radical (unpaired) electrons. The van der Waals surface area contributed by atoms with E-state index in [4.69, 9.17) is 19.0 Å². The number of carbonyl (C=O) groups is 1. The maximum atomic E-state index is 12.1. The molecule has 0 bridgehead atoms. The summed E-state index contributed by atoms with van der Waals surface area (Å²) in [6, 6.07) is 11.5. The molecule has 4 rings (SSSR count). The SMILES string of the molecule is COCC[N+](CCCS(=O)(=O)[O-])=c1ccc2c(C(C)(C)C)cc(/C=C/C=C3/N(CCOCCC(=O)O)c4ccc(S(=O)(=O)[O-])cc4C3(C)CCCS(=O)(=O)[O-])oc-2c1. The number of rotatable bonds is 20. The Balaban J connectivity index is 1.86. The van der Waals surface area contributed by atoms with Gasteiger partial charge in [-0.3, -0.25) is 4.79 Å². The van der Waals surface area contributed by atoms with Crippen molar-refractivity contribution in [3.8, 4) is 11.3 Å². The Hall–Kier alpha value is -3.95. The number of carboxylic acid groups (broad SMARTS) is 1. The molecule has 0 fully saturated rings. The van der Waals surface area contributed by atoms with Crippen LogP contribution in [0.3, 0.4) is 0 Å². The number of methoxy groups -OCH3 is 1. The number of fused-ring (bicyclic) bond motifs is 2. The first-order valence-corrected chi connectivity index (χ1v) is 23.1. The van der Waals surface area contributed by atoms with Gasteiger partial charge in [-0.25, -0.2) is 29.8 Å². The normalized spacial score (nSPS) is 17.7. The largest absolute Gasteiger partial charge is 0.748 e. The second kappa shape index (κ2) is 19.0. The third-order valence-corrected chi connectivity index (χ3v) is 12.2. The van der Waals surface area contributed by atoms with Crippen LogP contribution in [0.4, 0.5) is 5.69 Å². The van der Waals surface area contributed by atoms with Crippen molar-refractivity contribution in [3.05, 3.63) is 82.6 Å². The first-order valence-electron chi connectivity index (χ1n) is 18.5. The van der Waals surface area contributed by atoms with Crippen molar-refractivity contribution in [2.24, 2.45) is 0 Å². The molecular weight excluding hydrogens is 817 g/mol. The minimum Gasteiger partial charge on any atom is -0.748 e. The molecule has 0 aromatic heterocycles. The molecule has 1 aromatic carbocycles. The van der Waals surface area contributed by atoms with Gasteiger partial charge in [0.15, 0.2) is 6.54 Å².